The van der Waals surface area contributed by atoms with Crippen LogP contribution in [0.15, 0.2) is 48.5 Å². The zero-order valence-electron chi connectivity index (χ0n) is 17.4. The number of thiazole rings is 1. The Balaban J connectivity index is 1.36. The molecule has 2 aromatic heterocycles. The fraction of sp³-hybridized carbons (Fsp3) is 0.182. The summed E-state index contributed by atoms with van der Waals surface area (Å²) in [5.74, 6) is -0.742. The highest BCUT2D eigenvalue weighted by molar-refractivity contribution is 7.17. The third kappa shape index (κ3) is 4.59. The van der Waals surface area contributed by atoms with Crippen molar-refractivity contribution in [1.29, 1.82) is 0 Å². The van der Waals surface area contributed by atoms with Gasteiger partial charge in [0.25, 0.3) is 0 Å². The molecule has 0 saturated heterocycles. The molecular weight excluding hydrogens is 433 g/mol. The van der Waals surface area contributed by atoms with Gasteiger partial charge < -0.3 is 15.4 Å². The van der Waals surface area contributed by atoms with Crippen molar-refractivity contribution in [3.05, 3.63) is 64.9 Å². The quantitative estimate of drug-likeness (QED) is 0.437. The number of ether oxygens (including phenoxy) is 1. The molecule has 0 unspecified atom stereocenters. The lowest BCUT2D eigenvalue weighted by Gasteiger charge is -2.06. The van der Waals surface area contributed by atoms with Crippen molar-refractivity contribution in [3.63, 3.8) is 0 Å². The highest BCUT2D eigenvalue weighted by atomic mass is 32.1. The summed E-state index contributed by atoms with van der Waals surface area (Å²) in [5, 5.41) is 9.52. The van der Waals surface area contributed by atoms with E-state index in [4.69, 9.17) is 4.74 Å². The van der Waals surface area contributed by atoms with Crippen molar-refractivity contribution in [2.45, 2.75) is 13.3 Å². The molecule has 0 aliphatic rings. The van der Waals surface area contributed by atoms with Gasteiger partial charge in [-0.15, -0.1) is 5.10 Å². The van der Waals surface area contributed by atoms with E-state index in [1.807, 2.05) is 31.2 Å². The average molecular weight is 453 g/mol. The molecule has 10 heteroatoms. The van der Waals surface area contributed by atoms with Crippen LogP contribution in [0.1, 0.15) is 10.6 Å². The summed E-state index contributed by atoms with van der Waals surface area (Å²) in [6.45, 7) is 2.20. The molecule has 2 heterocycles. The molecule has 8 nitrogen and oxygen atoms in total. The molecule has 0 atom stereocenters. The molecule has 164 valence electrons. The minimum Gasteiger partial charge on any atom is -0.497 e. The molecule has 4 aromatic rings. The Morgan fingerprint density at radius 1 is 1.16 bits per heavy atom. The number of aryl methyl sites for hydroxylation is 1. The minimum absolute atomic E-state index is 0.221. The minimum atomic E-state index is -0.848. The van der Waals surface area contributed by atoms with Gasteiger partial charge in [-0.1, -0.05) is 17.4 Å². The van der Waals surface area contributed by atoms with Crippen LogP contribution in [-0.4, -0.2) is 40.1 Å². The van der Waals surface area contributed by atoms with E-state index < -0.39 is 17.6 Å². The van der Waals surface area contributed by atoms with Gasteiger partial charge in [-0.2, -0.15) is 4.98 Å². The summed E-state index contributed by atoms with van der Waals surface area (Å²) in [6.07, 6.45) is 0.526. The van der Waals surface area contributed by atoms with Crippen LogP contribution in [0.4, 0.5) is 10.1 Å². The van der Waals surface area contributed by atoms with E-state index >= 15 is 0 Å². The lowest BCUT2D eigenvalue weighted by molar-refractivity contribution is -0.136. The summed E-state index contributed by atoms with van der Waals surface area (Å²) in [4.78, 5) is 30.3. The number of anilines is 1. The molecule has 32 heavy (non-hydrogen) atoms. The third-order valence-corrected chi connectivity index (χ3v) is 5.98. The Kier molecular flexibility index (Phi) is 6.13. The van der Waals surface area contributed by atoms with Crippen LogP contribution in [0.5, 0.6) is 5.75 Å². The van der Waals surface area contributed by atoms with Gasteiger partial charge in [0.15, 0.2) is 5.82 Å². The largest absolute Gasteiger partial charge is 0.497 e. The number of hydrogen-bond acceptors (Lipinski definition) is 6. The smallest absolute Gasteiger partial charge is 0.313 e. The molecule has 2 N–H and O–H groups in total. The summed E-state index contributed by atoms with van der Waals surface area (Å²) < 4.78 is 20.1. The Bertz CT molecular complexity index is 1280. The van der Waals surface area contributed by atoms with Crippen molar-refractivity contribution in [3.8, 4) is 17.1 Å². The summed E-state index contributed by atoms with van der Waals surface area (Å²) >= 11 is 1.48. The van der Waals surface area contributed by atoms with Crippen molar-refractivity contribution in [2.75, 3.05) is 19.0 Å². The lowest BCUT2D eigenvalue weighted by Crippen LogP contribution is -2.36. The van der Waals surface area contributed by atoms with E-state index in [1.54, 1.807) is 11.6 Å². The molecule has 0 aliphatic carbocycles. The van der Waals surface area contributed by atoms with Crippen LogP contribution in [0, 0.1) is 12.7 Å². The normalized spacial score (nSPS) is 10.8. The number of hydrogen-bond donors (Lipinski definition) is 2. The fourth-order valence-corrected chi connectivity index (χ4v) is 4.16. The van der Waals surface area contributed by atoms with E-state index in [2.05, 4.69) is 20.7 Å². The van der Waals surface area contributed by atoms with E-state index in [-0.39, 0.29) is 12.2 Å². The Labute approximate surface area is 187 Å². The lowest BCUT2D eigenvalue weighted by atomic mass is 10.2. The van der Waals surface area contributed by atoms with Gasteiger partial charge in [0.2, 0.25) is 4.96 Å². The van der Waals surface area contributed by atoms with Gasteiger partial charge >= 0.3 is 11.8 Å². The maximum absolute atomic E-state index is 13.2. The van der Waals surface area contributed by atoms with Crippen LogP contribution >= 0.6 is 11.3 Å². The third-order valence-electron chi connectivity index (χ3n) is 4.79. The van der Waals surface area contributed by atoms with E-state index in [9.17, 15) is 14.0 Å². The van der Waals surface area contributed by atoms with Crippen LogP contribution in [0.25, 0.3) is 16.3 Å². The topological polar surface area (TPSA) is 97.6 Å². The first-order chi connectivity index (χ1) is 15.4. The molecule has 0 bridgehead atoms. The molecule has 0 spiro atoms. The van der Waals surface area contributed by atoms with Crippen molar-refractivity contribution < 1.29 is 18.7 Å². The molecular formula is C22H20FN5O3S. The number of fused-ring (bicyclic) bond motifs is 1. The van der Waals surface area contributed by atoms with Gasteiger partial charge in [-0.25, -0.2) is 8.91 Å². The molecule has 0 aliphatic heterocycles. The van der Waals surface area contributed by atoms with Crippen molar-refractivity contribution in [2.24, 2.45) is 0 Å². The number of rotatable bonds is 6. The maximum Gasteiger partial charge on any atom is 0.313 e. The first-order valence-corrected chi connectivity index (χ1v) is 10.6. The van der Waals surface area contributed by atoms with E-state index in [0.717, 1.165) is 32.9 Å². The SMILES string of the molecule is COc1ccc(-c2nc3sc(CCNC(=O)C(=O)Nc4cccc(F)c4)c(C)n3n2)cc1. The number of amides is 2. The van der Waals surface area contributed by atoms with Crippen molar-refractivity contribution in [1.82, 2.24) is 19.9 Å². The number of halogens is 1. The number of carbonyl (C=O) groups excluding carboxylic acids is 2. The summed E-state index contributed by atoms with van der Waals surface area (Å²) in [7, 11) is 1.62. The number of benzene rings is 2. The number of carbonyl (C=O) groups is 2. The second-order valence-corrected chi connectivity index (χ2v) is 8.00. The van der Waals surface area contributed by atoms with E-state index in [0.29, 0.717) is 12.2 Å². The zero-order chi connectivity index (χ0) is 22.7. The van der Waals surface area contributed by atoms with Crippen LogP contribution in [0.2, 0.25) is 0 Å². The summed E-state index contributed by atoms with van der Waals surface area (Å²) in [6, 6.07) is 12.9. The Morgan fingerprint density at radius 2 is 1.94 bits per heavy atom. The second-order valence-electron chi connectivity index (χ2n) is 6.94. The van der Waals surface area contributed by atoms with Gasteiger partial charge in [0, 0.05) is 29.1 Å². The molecule has 4 rings (SSSR count). The van der Waals surface area contributed by atoms with E-state index in [1.165, 1.54) is 29.5 Å². The highest BCUT2D eigenvalue weighted by Crippen LogP contribution is 2.26. The van der Waals surface area contributed by atoms with Crippen LogP contribution in [0.3, 0.4) is 0 Å². The average Bonchev–Trinajstić information content (AvgIpc) is 3.33. The van der Waals surface area contributed by atoms with Gasteiger partial charge in [-0.05, 0) is 49.4 Å². The van der Waals surface area contributed by atoms with Crippen molar-refractivity contribution >= 4 is 33.8 Å². The number of methoxy groups -OCH3 is 1. The Morgan fingerprint density at radius 3 is 2.62 bits per heavy atom. The number of aromatic nitrogens is 3. The molecule has 0 radical (unpaired) electrons. The molecule has 0 fully saturated rings. The molecule has 2 amide bonds. The first kappa shape index (κ1) is 21.4. The number of nitrogens with zero attached hydrogens (tertiary/aromatic N) is 3. The predicted molar refractivity (Wildman–Crippen MR) is 119 cm³/mol. The van der Waals surface area contributed by atoms with Gasteiger partial charge in [0.05, 0.1) is 12.8 Å². The number of nitrogens with one attached hydrogen (secondary N) is 2. The summed E-state index contributed by atoms with van der Waals surface area (Å²) in [5.41, 5.74) is 2.04. The van der Waals surface area contributed by atoms with Crippen LogP contribution < -0.4 is 15.4 Å². The molecule has 0 saturated carbocycles. The maximum atomic E-state index is 13.2. The standard InChI is InChI=1S/C22H20FN5O3S/c1-13-18(10-11-24-20(29)21(30)25-16-5-3-4-15(23)12-16)32-22-26-19(27-28(13)22)14-6-8-17(31-2)9-7-14/h3-9,12H,10-11H2,1-2H3,(H,24,29)(H,25,30). The fourth-order valence-electron chi connectivity index (χ4n) is 3.10. The monoisotopic (exact) mass is 453 g/mol. The molecule has 2 aromatic carbocycles. The second kappa shape index (κ2) is 9.15. The van der Waals surface area contributed by atoms with Gasteiger partial charge in [0.1, 0.15) is 11.6 Å². The van der Waals surface area contributed by atoms with Crippen LogP contribution in [-0.2, 0) is 16.0 Å². The van der Waals surface area contributed by atoms with Gasteiger partial charge in [-0.3, -0.25) is 9.59 Å². The highest BCUT2D eigenvalue weighted by Gasteiger charge is 2.16. The first-order valence-electron chi connectivity index (χ1n) is 9.79. The Hall–Kier alpha value is -3.79. The predicted octanol–water partition coefficient (Wildman–Crippen LogP) is 3.21. The zero-order valence-corrected chi connectivity index (χ0v) is 18.2.